The Morgan fingerprint density at radius 2 is 1.90 bits per heavy atom. The van der Waals surface area contributed by atoms with Crippen molar-refractivity contribution in [2.75, 3.05) is 11.1 Å². The predicted octanol–water partition coefficient (Wildman–Crippen LogP) is 2.56. The molecule has 1 aromatic carbocycles. The average molecular weight is 308 g/mol. The number of amides is 1. The van der Waals surface area contributed by atoms with E-state index in [1.807, 2.05) is 24.3 Å². The van der Waals surface area contributed by atoms with E-state index < -0.39 is 10.8 Å². The van der Waals surface area contributed by atoms with Crippen molar-refractivity contribution in [1.29, 1.82) is 0 Å². The number of rotatable bonds is 7. The fraction of sp³-hybridized carbons (Fsp3) is 0.562. The molecule has 3 N–H and O–H groups in total. The summed E-state index contributed by atoms with van der Waals surface area (Å²) in [5, 5.41) is 3.23. The zero-order chi connectivity index (χ0) is 15.1. The van der Waals surface area contributed by atoms with Crippen LogP contribution in [-0.2, 0) is 22.1 Å². The molecule has 1 unspecified atom stereocenters. The van der Waals surface area contributed by atoms with Crippen LogP contribution in [0.3, 0.4) is 0 Å². The molecule has 5 heteroatoms. The highest BCUT2D eigenvalue weighted by Crippen LogP contribution is 2.23. The van der Waals surface area contributed by atoms with Gasteiger partial charge in [-0.25, -0.2) is 0 Å². The summed E-state index contributed by atoms with van der Waals surface area (Å²) in [6, 6.07) is 7.53. The molecular formula is C16H24N2O2S. The van der Waals surface area contributed by atoms with Crippen LogP contribution < -0.4 is 11.1 Å². The molecule has 1 aliphatic rings. The maximum absolute atomic E-state index is 12.0. The smallest absolute Gasteiger partial charge is 0.224 e. The van der Waals surface area contributed by atoms with E-state index in [9.17, 15) is 9.00 Å². The van der Waals surface area contributed by atoms with Crippen LogP contribution >= 0.6 is 0 Å². The molecule has 0 saturated heterocycles. The van der Waals surface area contributed by atoms with E-state index in [0.29, 0.717) is 30.4 Å². The molecule has 1 atom stereocenters. The summed E-state index contributed by atoms with van der Waals surface area (Å²) in [7, 11) is -0.756. The minimum atomic E-state index is -0.756. The fourth-order valence-corrected chi connectivity index (χ4v) is 4.26. The summed E-state index contributed by atoms with van der Waals surface area (Å²) in [6.07, 6.45) is 5.71. The number of hydrogen-bond donors (Lipinski definition) is 2. The number of benzene rings is 1. The highest BCUT2D eigenvalue weighted by Gasteiger charge is 2.20. The number of hydrogen-bond acceptors (Lipinski definition) is 3. The Labute approximate surface area is 129 Å². The van der Waals surface area contributed by atoms with Crippen LogP contribution in [0, 0.1) is 0 Å². The van der Waals surface area contributed by atoms with Gasteiger partial charge in [0.15, 0.2) is 0 Å². The van der Waals surface area contributed by atoms with Crippen molar-refractivity contribution in [2.45, 2.75) is 50.3 Å². The number of anilines is 1. The molecule has 1 fully saturated rings. The van der Waals surface area contributed by atoms with E-state index in [2.05, 4.69) is 5.32 Å². The van der Waals surface area contributed by atoms with E-state index >= 15 is 0 Å². The van der Waals surface area contributed by atoms with Gasteiger partial charge in [0, 0.05) is 40.5 Å². The Hall–Kier alpha value is -1.20. The van der Waals surface area contributed by atoms with Gasteiger partial charge >= 0.3 is 0 Å². The number of carbonyl (C=O) groups excluding carboxylic acids is 1. The largest absolute Gasteiger partial charge is 0.326 e. The molecule has 0 aliphatic heterocycles. The summed E-state index contributed by atoms with van der Waals surface area (Å²) in [4.78, 5) is 11.8. The van der Waals surface area contributed by atoms with Crippen molar-refractivity contribution in [3.63, 3.8) is 0 Å². The molecule has 21 heavy (non-hydrogen) atoms. The minimum absolute atomic E-state index is 0.0149. The maximum atomic E-state index is 12.0. The molecule has 1 aromatic rings. The van der Waals surface area contributed by atoms with Crippen molar-refractivity contribution in [3.8, 4) is 0 Å². The van der Waals surface area contributed by atoms with Crippen LogP contribution in [0.5, 0.6) is 0 Å². The first kappa shape index (κ1) is 16.2. The third-order valence-corrected chi connectivity index (χ3v) is 5.80. The topological polar surface area (TPSA) is 72.2 Å². The Morgan fingerprint density at radius 1 is 1.24 bits per heavy atom. The SMILES string of the molecule is NCc1ccc(NC(=O)CCCS(=O)C2CCCC2)cc1. The predicted molar refractivity (Wildman–Crippen MR) is 87.5 cm³/mol. The van der Waals surface area contributed by atoms with Gasteiger partial charge in [-0.05, 0) is 37.0 Å². The zero-order valence-corrected chi connectivity index (χ0v) is 13.2. The molecule has 4 nitrogen and oxygen atoms in total. The summed E-state index contributed by atoms with van der Waals surface area (Å²) in [6.45, 7) is 0.501. The monoisotopic (exact) mass is 308 g/mol. The minimum Gasteiger partial charge on any atom is -0.326 e. The lowest BCUT2D eigenvalue weighted by Crippen LogP contribution is -2.16. The number of nitrogens with one attached hydrogen (secondary N) is 1. The molecule has 116 valence electrons. The molecule has 1 aliphatic carbocycles. The van der Waals surface area contributed by atoms with E-state index in [4.69, 9.17) is 5.73 Å². The molecule has 0 heterocycles. The second-order valence-electron chi connectivity index (χ2n) is 5.54. The number of carbonyl (C=O) groups is 1. The van der Waals surface area contributed by atoms with Crippen LogP contribution in [0.2, 0.25) is 0 Å². The van der Waals surface area contributed by atoms with Gasteiger partial charge in [-0.2, -0.15) is 0 Å². The van der Waals surface area contributed by atoms with Crippen molar-refractivity contribution >= 4 is 22.4 Å². The first-order chi connectivity index (χ1) is 10.2. The second-order valence-corrected chi connectivity index (χ2v) is 7.38. The third-order valence-electron chi connectivity index (χ3n) is 3.90. The lowest BCUT2D eigenvalue weighted by molar-refractivity contribution is -0.116. The van der Waals surface area contributed by atoms with Crippen LogP contribution in [0.15, 0.2) is 24.3 Å². The third kappa shape index (κ3) is 5.25. The molecule has 1 amide bonds. The Morgan fingerprint density at radius 3 is 2.52 bits per heavy atom. The van der Waals surface area contributed by atoms with E-state index in [1.165, 1.54) is 12.8 Å². The standard InChI is InChI=1S/C16H24N2O2S/c17-12-13-7-9-14(10-8-13)18-16(19)6-3-11-21(20)15-4-1-2-5-15/h7-10,15H,1-6,11-12,17H2,(H,18,19). The van der Waals surface area contributed by atoms with Crippen molar-refractivity contribution in [2.24, 2.45) is 5.73 Å². The summed E-state index contributed by atoms with van der Waals surface area (Å²) < 4.78 is 12.0. The fourth-order valence-electron chi connectivity index (χ4n) is 2.64. The molecule has 0 spiro atoms. The van der Waals surface area contributed by atoms with Gasteiger partial charge in [0.1, 0.15) is 0 Å². The zero-order valence-electron chi connectivity index (χ0n) is 12.3. The van der Waals surface area contributed by atoms with Gasteiger partial charge in [0.25, 0.3) is 0 Å². The lowest BCUT2D eigenvalue weighted by Gasteiger charge is -2.09. The first-order valence-corrected chi connectivity index (χ1v) is 9.03. The molecule has 2 rings (SSSR count). The molecule has 1 saturated carbocycles. The molecule has 0 radical (unpaired) electrons. The van der Waals surface area contributed by atoms with Gasteiger partial charge in [-0.3, -0.25) is 9.00 Å². The van der Waals surface area contributed by atoms with Gasteiger partial charge in [0.05, 0.1) is 0 Å². The average Bonchev–Trinajstić information content (AvgIpc) is 3.02. The van der Waals surface area contributed by atoms with Gasteiger partial charge in [-0.1, -0.05) is 25.0 Å². The Bertz CT molecular complexity index is 482. The van der Waals surface area contributed by atoms with Gasteiger partial charge in [0.2, 0.25) is 5.91 Å². The van der Waals surface area contributed by atoms with E-state index in [0.717, 1.165) is 24.1 Å². The summed E-state index contributed by atoms with van der Waals surface area (Å²) in [5.41, 5.74) is 7.36. The van der Waals surface area contributed by atoms with Crippen LogP contribution in [0.4, 0.5) is 5.69 Å². The van der Waals surface area contributed by atoms with Crippen molar-refractivity contribution in [3.05, 3.63) is 29.8 Å². The van der Waals surface area contributed by atoms with Crippen molar-refractivity contribution < 1.29 is 9.00 Å². The highest BCUT2D eigenvalue weighted by atomic mass is 32.2. The Kier molecular flexibility index (Phi) is 6.39. The van der Waals surface area contributed by atoms with E-state index in [1.54, 1.807) is 0 Å². The number of nitrogens with two attached hydrogens (primary N) is 1. The lowest BCUT2D eigenvalue weighted by atomic mass is 10.2. The van der Waals surface area contributed by atoms with Gasteiger partial charge < -0.3 is 11.1 Å². The van der Waals surface area contributed by atoms with Gasteiger partial charge in [-0.15, -0.1) is 0 Å². The first-order valence-electron chi connectivity index (χ1n) is 7.65. The molecular weight excluding hydrogens is 284 g/mol. The van der Waals surface area contributed by atoms with Crippen molar-refractivity contribution in [1.82, 2.24) is 0 Å². The molecule has 0 bridgehead atoms. The van der Waals surface area contributed by atoms with E-state index in [-0.39, 0.29) is 5.91 Å². The second kappa shape index (κ2) is 8.29. The quantitative estimate of drug-likeness (QED) is 0.813. The summed E-state index contributed by atoms with van der Waals surface area (Å²) in [5.74, 6) is 0.628. The maximum Gasteiger partial charge on any atom is 0.224 e. The molecule has 0 aromatic heterocycles. The van der Waals surface area contributed by atoms with Crippen LogP contribution in [-0.4, -0.2) is 21.1 Å². The highest BCUT2D eigenvalue weighted by molar-refractivity contribution is 7.85. The Balaban J connectivity index is 1.68. The normalized spacial score (nSPS) is 16.8. The van der Waals surface area contributed by atoms with Crippen LogP contribution in [0.25, 0.3) is 0 Å². The summed E-state index contributed by atoms with van der Waals surface area (Å²) >= 11 is 0. The van der Waals surface area contributed by atoms with Crippen LogP contribution in [0.1, 0.15) is 44.1 Å².